The van der Waals surface area contributed by atoms with Gasteiger partial charge in [-0.25, -0.2) is 0 Å². The van der Waals surface area contributed by atoms with Crippen LogP contribution in [0.4, 0.5) is 0 Å². The number of nitrogens with zero attached hydrogens (tertiary/aromatic N) is 2. The molecule has 3 aliphatic rings. The molecule has 2 aliphatic heterocycles. The van der Waals surface area contributed by atoms with E-state index in [0.717, 1.165) is 23.9 Å². The second-order valence-electron chi connectivity index (χ2n) is 7.29. The molecule has 2 heterocycles. The van der Waals surface area contributed by atoms with E-state index in [-0.39, 0.29) is 0 Å². The summed E-state index contributed by atoms with van der Waals surface area (Å²) in [6, 6.07) is 1.74. The lowest BCUT2D eigenvalue weighted by atomic mass is 9.84. The van der Waals surface area contributed by atoms with Crippen LogP contribution in [0.15, 0.2) is 0 Å². The second-order valence-corrected chi connectivity index (χ2v) is 7.29. The summed E-state index contributed by atoms with van der Waals surface area (Å²) < 4.78 is 0. The minimum Gasteiger partial charge on any atom is -0.314 e. The zero-order valence-electron chi connectivity index (χ0n) is 12.8. The maximum atomic E-state index is 3.67. The number of fused-ring (bicyclic) bond motifs is 1. The van der Waals surface area contributed by atoms with Gasteiger partial charge in [0.15, 0.2) is 0 Å². The average Bonchev–Trinajstić information content (AvgIpc) is 3.20. The summed E-state index contributed by atoms with van der Waals surface area (Å²) >= 11 is 0. The van der Waals surface area contributed by atoms with Gasteiger partial charge in [0.25, 0.3) is 0 Å². The smallest absolute Gasteiger partial charge is 0.0145 e. The predicted molar refractivity (Wildman–Crippen MR) is 80.4 cm³/mol. The first-order valence-corrected chi connectivity index (χ1v) is 8.38. The molecule has 3 atom stereocenters. The molecule has 0 aromatic heterocycles. The fraction of sp³-hybridized carbons (Fsp3) is 1.00. The van der Waals surface area contributed by atoms with Crippen LogP contribution in [0.2, 0.25) is 0 Å². The number of rotatable bonds is 5. The normalized spacial score (nSPS) is 35.1. The van der Waals surface area contributed by atoms with Crippen LogP contribution in [0.5, 0.6) is 0 Å². The molecule has 3 rings (SSSR count). The topological polar surface area (TPSA) is 18.5 Å². The van der Waals surface area contributed by atoms with Crippen molar-refractivity contribution >= 4 is 0 Å². The number of hydrogen-bond donors (Lipinski definition) is 1. The molecular formula is C16H31N3. The SMILES string of the molecule is CC(CNC1CC1)CN1CCC2C(CCCN2C)C1. The molecule has 0 amide bonds. The predicted octanol–water partition coefficient (Wildman–Crippen LogP) is 1.79. The van der Waals surface area contributed by atoms with Gasteiger partial charge >= 0.3 is 0 Å². The van der Waals surface area contributed by atoms with Gasteiger partial charge in [-0.05, 0) is 70.6 Å². The lowest BCUT2D eigenvalue weighted by molar-refractivity contribution is 0.0334. The number of piperidine rings is 2. The Hall–Kier alpha value is -0.120. The summed E-state index contributed by atoms with van der Waals surface area (Å²) in [6.45, 7) is 8.92. The summed E-state index contributed by atoms with van der Waals surface area (Å²) in [5.41, 5.74) is 0. The van der Waals surface area contributed by atoms with Crippen LogP contribution in [0.3, 0.4) is 0 Å². The van der Waals surface area contributed by atoms with E-state index in [1.807, 2.05) is 0 Å². The van der Waals surface area contributed by atoms with Gasteiger partial charge in [-0.2, -0.15) is 0 Å². The molecule has 0 bridgehead atoms. The summed E-state index contributed by atoms with van der Waals surface area (Å²) in [4.78, 5) is 5.35. The van der Waals surface area contributed by atoms with Crippen molar-refractivity contribution in [2.45, 2.75) is 51.1 Å². The van der Waals surface area contributed by atoms with Gasteiger partial charge in [-0.1, -0.05) is 6.92 Å². The highest BCUT2D eigenvalue weighted by Gasteiger charge is 2.34. The molecule has 3 heteroatoms. The molecule has 3 nitrogen and oxygen atoms in total. The fourth-order valence-electron chi connectivity index (χ4n) is 4.05. The van der Waals surface area contributed by atoms with Crippen molar-refractivity contribution in [3.05, 3.63) is 0 Å². The van der Waals surface area contributed by atoms with E-state index in [2.05, 4.69) is 29.1 Å². The highest BCUT2D eigenvalue weighted by atomic mass is 15.2. The number of hydrogen-bond acceptors (Lipinski definition) is 3. The van der Waals surface area contributed by atoms with E-state index < -0.39 is 0 Å². The molecule has 1 N–H and O–H groups in total. The van der Waals surface area contributed by atoms with E-state index in [4.69, 9.17) is 0 Å². The Labute approximate surface area is 118 Å². The third-order valence-electron chi connectivity index (χ3n) is 5.33. The fourth-order valence-corrected chi connectivity index (χ4v) is 4.05. The molecule has 3 fully saturated rings. The van der Waals surface area contributed by atoms with E-state index in [9.17, 15) is 0 Å². The van der Waals surface area contributed by atoms with E-state index in [0.29, 0.717) is 0 Å². The highest BCUT2D eigenvalue weighted by molar-refractivity contribution is 4.89. The van der Waals surface area contributed by atoms with Crippen molar-refractivity contribution in [2.24, 2.45) is 11.8 Å². The summed E-state index contributed by atoms with van der Waals surface area (Å²) in [6.07, 6.45) is 7.08. The summed E-state index contributed by atoms with van der Waals surface area (Å²) in [7, 11) is 2.33. The Morgan fingerprint density at radius 2 is 2.00 bits per heavy atom. The third kappa shape index (κ3) is 3.71. The monoisotopic (exact) mass is 265 g/mol. The average molecular weight is 265 g/mol. The molecule has 0 aromatic rings. The molecule has 0 radical (unpaired) electrons. The minimum absolute atomic E-state index is 0.804. The van der Waals surface area contributed by atoms with Gasteiger partial charge in [0.2, 0.25) is 0 Å². The molecule has 0 spiro atoms. The Bertz CT molecular complexity index is 290. The van der Waals surface area contributed by atoms with Crippen LogP contribution in [0, 0.1) is 11.8 Å². The first kappa shape index (κ1) is 13.8. The van der Waals surface area contributed by atoms with Gasteiger partial charge in [0, 0.05) is 25.2 Å². The Morgan fingerprint density at radius 1 is 1.16 bits per heavy atom. The molecule has 3 unspecified atom stereocenters. The van der Waals surface area contributed by atoms with Crippen molar-refractivity contribution in [3.8, 4) is 0 Å². The van der Waals surface area contributed by atoms with Gasteiger partial charge < -0.3 is 15.1 Å². The quantitative estimate of drug-likeness (QED) is 0.817. The first-order valence-electron chi connectivity index (χ1n) is 8.38. The molecule has 0 aromatic carbocycles. The summed E-state index contributed by atoms with van der Waals surface area (Å²) in [5.74, 6) is 1.74. The molecule has 1 saturated carbocycles. The molecule has 110 valence electrons. The van der Waals surface area contributed by atoms with Gasteiger partial charge in [0.05, 0.1) is 0 Å². The van der Waals surface area contributed by atoms with Crippen molar-refractivity contribution in [2.75, 3.05) is 39.8 Å². The molecule has 19 heavy (non-hydrogen) atoms. The largest absolute Gasteiger partial charge is 0.314 e. The van der Waals surface area contributed by atoms with Crippen LogP contribution in [0.1, 0.15) is 39.0 Å². The maximum absolute atomic E-state index is 3.67. The Morgan fingerprint density at radius 3 is 2.79 bits per heavy atom. The number of nitrogens with one attached hydrogen (secondary N) is 1. The van der Waals surface area contributed by atoms with E-state index in [1.54, 1.807) is 0 Å². The van der Waals surface area contributed by atoms with Gasteiger partial charge in [0.1, 0.15) is 0 Å². The van der Waals surface area contributed by atoms with E-state index >= 15 is 0 Å². The highest BCUT2D eigenvalue weighted by Crippen LogP contribution is 2.29. The van der Waals surface area contributed by atoms with Crippen LogP contribution < -0.4 is 5.32 Å². The number of likely N-dealkylation sites (tertiary alicyclic amines) is 2. The lowest BCUT2D eigenvalue weighted by Gasteiger charge is -2.46. The van der Waals surface area contributed by atoms with Crippen molar-refractivity contribution in [1.29, 1.82) is 0 Å². The van der Waals surface area contributed by atoms with Gasteiger partial charge in [-0.3, -0.25) is 0 Å². The zero-order valence-corrected chi connectivity index (χ0v) is 12.8. The first-order chi connectivity index (χ1) is 9.22. The summed E-state index contributed by atoms with van der Waals surface area (Å²) in [5, 5.41) is 3.67. The molecular weight excluding hydrogens is 234 g/mol. The molecule has 2 saturated heterocycles. The van der Waals surface area contributed by atoms with Crippen molar-refractivity contribution in [3.63, 3.8) is 0 Å². The Balaban J connectivity index is 1.42. The Kier molecular flexibility index (Phi) is 4.45. The van der Waals surface area contributed by atoms with Crippen molar-refractivity contribution < 1.29 is 0 Å². The standard InChI is InChI=1S/C16H31N3/c1-13(10-17-15-5-6-15)11-19-9-7-16-14(12-19)4-3-8-18(16)2/h13-17H,3-12H2,1-2H3. The van der Waals surface area contributed by atoms with Gasteiger partial charge in [-0.15, -0.1) is 0 Å². The zero-order chi connectivity index (χ0) is 13.2. The molecule has 1 aliphatic carbocycles. The van der Waals surface area contributed by atoms with Crippen LogP contribution >= 0.6 is 0 Å². The van der Waals surface area contributed by atoms with E-state index in [1.165, 1.54) is 64.8 Å². The second kappa shape index (κ2) is 6.11. The van der Waals surface area contributed by atoms with Crippen molar-refractivity contribution in [1.82, 2.24) is 15.1 Å². The van der Waals surface area contributed by atoms with Crippen LogP contribution in [-0.2, 0) is 0 Å². The third-order valence-corrected chi connectivity index (χ3v) is 5.33. The van der Waals surface area contributed by atoms with Crippen LogP contribution in [-0.4, -0.2) is 61.7 Å². The van der Waals surface area contributed by atoms with Crippen LogP contribution in [0.25, 0.3) is 0 Å². The maximum Gasteiger partial charge on any atom is 0.0145 e. The lowest BCUT2D eigenvalue weighted by Crippen LogP contribution is -2.53. The minimum atomic E-state index is 0.804.